The lowest BCUT2D eigenvalue weighted by atomic mass is 10.0. The van der Waals surface area contributed by atoms with E-state index in [1.807, 2.05) is 0 Å². The Morgan fingerprint density at radius 2 is 0.750 bits per heavy atom. The zero-order valence-electron chi connectivity index (χ0n) is 34.1. The molecule has 0 spiro atoms. The van der Waals surface area contributed by atoms with Crippen LogP contribution in [0.1, 0.15) is 226 Å². The van der Waals surface area contributed by atoms with Crippen LogP contribution in [0.3, 0.4) is 0 Å². The molecule has 0 saturated heterocycles. The first kappa shape index (κ1) is 49.7. The summed E-state index contributed by atoms with van der Waals surface area (Å²) in [5, 5.41) is 2.34. The molecule has 0 aromatic heterocycles. The van der Waals surface area contributed by atoms with Gasteiger partial charge >= 0.3 is 18.1 Å². The summed E-state index contributed by atoms with van der Waals surface area (Å²) in [5.74, 6) is -1.11. The van der Waals surface area contributed by atoms with Crippen LogP contribution in [0, 0.1) is 0 Å². The maximum absolute atomic E-state index is 12.6. The van der Waals surface area contributed by atoms with Crippen LogP contribution in [0.5, 0.6) is 0 Å². The molecule has 0 aromatic rings. The van der Waals surface area contributed by atoms with Gasteiger partial charge in [0.05, 0.1) is 0 Å². The maximum atomic E-state index is 12.6. The predicted octanol–water partition coefficient (Wildman–Crippen LogP) is 12.2. The van der Waals surface area contributed by atoms with Crippen LogP contribution >= 0.6 is 0 Å². The average Bonchev–Trinajstić information content (AvgIpc) is 3.12. The molecule has 9 nitrogen and oxygen atoms in total. The van der Waals surface area contributed by atoms with Crippen molar-refractivity contribution in [1.82, 2.24) is 5.32 Å². The molecule has 0 radical (unpaired) electrons. The number of carbonyl (C=O) groups is 4. The summed E-state index contributed by atoms with van der Waals surface area (Å²) in [4.78, 5) is 47.9. The molecule has 0 aliphatic carbocycles. The van der Waals surface area contributed by atoms with Crippen molar-refractivity contribution in [3.8, 4) is 0 Å². The molecule has 9 heteroatoms. The van der Waals surface area contributed by atoms with Crippen molar-refractivity contribution in [1.29, 1.82) is 0 Å². The van der Waals surface area contributed by atoms with Gasteiger partial charge in [-0.2, -0.15) is 0 Å². The number of rotatable bonds is 39. The lowest BCUT2D eigenvalue weighted by molar-refractivity contribution is -0.162. The second-order valence-electron chi connectivity index (χ2n) is 14.8. The Labute approximate surface area is 319 Å². The van der Waals surface area contributed by atoms with Crippen LogP contribution < -0.4 is 5.32 Å². The van der Waals surface area contributed by atoms with Crippen LogP contribution in [0.25, 0.3) is 0 Å². The van der Waals surface area contributed by atoms with E-state index in [1.54, 1.807) is 0 Å². The second-order valence-corrected chi connectivity index (χ2v) is 14.8. The van der Waals surface area contributed by atoms with Gasteiger partial charge in [0.2, 0.25) is 5.91 Å². The Kier molecular flexibility index (Phi) is 38.1. The van der Waals surface area contributed by atoms with E-state index in [0.29, 0.717) is 6.42 Å². The first-order chi connectivity index (χ1) is 25.4. The number of esters is 2. The van der Waals surface area contributed by atoms with E-state index in [0.717, 1.165) is 38.5 Å². The summed E-state index contributed by atoms with van der Waals surface area (Å²) in [5.41, 5.74) is 0. The molecule has 1 amide bonds. The quantitative estimate of drug-likeness (QED) is 0.0286. The van der Waals surface area contributed by atoms with Crippen molar-refractivity contribution in [3.05, 3.63) is 0 Å². The van der Waals surface area contributed by atoms with Gasteiger partial charge in [0.1, 0.15) is 13.2 Å². The number of hydrogen-bond donors (Lipinski definition) is 1. The average molecular weight is 740 g/mol. The fourth-order valence-electron chi connectivity index (χ4n) is 6.30. The minimum Gasteiger partial charge on any atom is -0.462 e. The molecule has 306 valence electrons. The highest BCUT2D eigenvalue weighted by atomic mass is 16.7. The van der Waals surface area contributed by atoms with Crippen LogP contribution in [0.2, 0.25) is 0 Å². The highest BCUT2D eigenvalue weighted by Crippen LogP contribution is 2.16. The Morgan fingerprint density at radius 3 is 1.12 bits per heavy atom. The van der Waals surface area contributed by atoms with Crippen LogP contribution in [-0.4, -0.2) is 50.0 Å². The van der Waals surface area contributed by atoms with Crippen molar-refractivity contribution in [2.45, 2.75) is 232 Å². The first-order valence-electron chi connectivity index (χ1n) is 21.8. The van der Waals surface area contributed by atoms with Gasteiger partial charge in [0, 0.05) is 19.8 Å². The predicted molar refractivity (Wildman–Crippen MR) is 211 cm³/mol. The van der Waals surface area contributed by atoms with Crippen molar-refractivity contribution in [2.75, 3.05) is 19.9 Å². The Morgan fingerprint density at radius 1 is 0.423 bits per heavy atom. The number of carbonyl (C=O) groups excluding carboxylic acids is 4. The van der Waals surface area contributed by atoms with Gasteiger partial charge in [-0.1, -0.05) is 194 Å². The monoisotopic (exact) mass is 740 g/mol. The van der Waals surface area contributed by atoms with E-state index >= 15 is 0 Å². The molecular formula is C43H81NO8. The number of hydrogen-bond acceptors (Lipinski definition) is 8. The smallest absolute Gasteiger partial charge is 0.462 e. The number of amides is 1. The van der Waals surface area contributed by atoms with E-state index in [9.17, 15) is 19.2 Å². The van der Waals surface area contributed by atoms with Crippen molar-refractivity contribution in [3.63, 3.8) is 0 Å². The van der Waals surface area contributed by atoms with Gasteiger partial charge < -0.3 is 24.3 Å². The van der Waals surface area contributed by atoms with Crippen LogP contribution in [-0.2, 0) is 33.3 Å². The summed E-state index contributed by atoms with van der Waals surface area (Å²) in [7, 11) is 0. The van der Waals surface area contributed by atoms with Gasteiger partial charge in [-0.3, -0.25) is 14.4 Å². The molecule has 0 fully saturated rings. The summed E-state index contributed by atoms with van der Waals surface area (Å²) in [6.07, 6.45) is 36.2. The topological polar surface area (TPSA) is 117 Å². The molecule has 52 heavy (non-hydrogen) atoms. The fourth-order valence-corrected chi connectivity index (χ4v) is 6.30. The maximum Gasteiger partial charge on any atom is 0.510 e. The summed E-state index contributed by atoms with van der Waals surface area (Å²) < 4.78 is 20.8. The lowest BCUT2D eigenvalue weighted by Crippen LogP contribution is -2.32. The van der Waals surface area contributed by atoms with Gasteiger partial charge in [-0.05, 0) is 12.8 Å². The number of nitrogens with one attached hydrogen (secondary N) is 1. The Balaban J connectivity index is 4.13. The van der Waals surface area contributed by atoms with E-state index in [1.165, 1.54) is 161 Å². The van der Waals surface area contributed by atoms with Gasteiger partial charge in [0.25, 0.3) is 0 Å². The van der Waals surface area contributed by atoms with Crippen LogP contribution in [0.4, 0.5) is 4.79 Å². The number of unbranched alkanes of at least 4 members (excludes halogenated alkanes) is 28. The minimum absolute atomic E-state index is 0.193. The van der Waals surface area contributed by atoms with Gasteiger partial charge in [-0.25, -0.2) is 4.79 Å². The van der Waals surface area contributed by atoms with E-state index < -0.39 is 18.2 Å². The fraction of sp³-hybridized carbons (Fsp3) is 0.907. The van der Waals surface area contributed by atoms with E-state index in [4.69, 9.17) is 18.9 Å². The third-order valence-electron chi connectivity index (χ3n) is 9.60. The first-order valence-corrected chi connectivity index (χ1v) is 21.8. The standard InChI is InChI=1S/C43H81NO8/c1-4-6-8-10-12-14-16-18-20-22-24-26-28-30-32-34-41(46)49-36-40(37-50-43(48)51-38-44-39(3)45)52-42(47)35-33-31-29-27-25-23-21-19-17-15-13-11-9-7-5-2/h40H,4-38H2,1-3H3,(H,44,45)/t40-/m1/s1. The van der Waals surface area contributed by atoms with Crippen molar-refractivity contribution < 1.29 is 38.1 Å². The molecule has 0 heterocycles. The largest absolute Gasteiger partial charge is 0.510 e. The minimum atomic E-state index is -1.01. The molecule has 1 N–H and O–H groups in total. The van der Waals surface area contributed by atoms with Crippen molar-refractivity contribution >= 4 is 24.0 Å². The highest BCUT2D eigenvalue weighted by Gasteiger charge is 2.20. The third kappa shape index (κ3) is 38.9. The van der Waals surface area contributed by atoms with E-state index in [2.05, 4.69) is 19.2 Å². The third-order valence-corrected chi connectivity index (χ3v) is 9.60. The Bertz CT molecular complexity index is 836. The molecule has 0 rings (SSSR count). The Hall–Kier alpha value is -2.32. The SMILES string of the molecule is CCCCCCCCCCCCCCCCCC(=O)OC[C@H](COC(=O)OCNC(C)=O)OC(=O)CCCCCCCCCCCCCCCCC. The number of ether oxygens (including phenoxy) is 4. The zero-order chi connectivity index (χ0) is 38.2. The molecule has 0 unspecified atom stereocenters. The van der Waals surface area contributed by atoms with E-state index in [-0.39, 0.29) is 38.2 Å². The molecule has 1 atom stereocenters. The molecule has 0 bridgehead atoms. The molecule has 0 aliphatic rings. The second kappa shape index (κ2) is 39.9. The van der Waals surface area contributed by atoms with Crippen LogP contribution in [0.15, 0.2) is 0 Å². The van der Waals surface area contributed by atoms with Gasteiger partial charge in [0.15, 0.2) is 12.8 Å². The molecule has 0 saturated carbocycles. The summed E-state index contributed by atoms with van der Waals surface area (Å²) in [6.45, 7) is 4.99. The van der Waals surface area contributed by atoms with Crippen molar-refractivity contribution in [2.24, 2.45) is 0 Å². The van der Waals surface area contributed by atoms with Gasteiger partial charge in [-0.15, -0.1) is 0 Å². The molecule has 0 aliphatic heterocycles. The molecular weight excluding hydrogens is 658 g/mol. The molecule has 0 aromatic carbocycles. The normalized spacial score (nSPS) is 11.6. The highest BCUT2D eigenvalue weighted by molar-refractivity contribution is 5.73. The summed E-state index contributed by atoms with van der Waals surface area (Å²) in [6, 6.07) is 0. The zero-order valence-corrected chi connectivity index (χ0v) is 34.1. The lowest BCUT2D eigenvalue weighted by Gasteiger charge is -2.18. The summed E-state index contributed by atoms with van der Waals surface area (Å²) >= 11 is 0.